The van der Waals surface area contributed by atoms with Gasteiger partial charge >= 0.3 is 0 Å². The minimum Gasteiger partial charge on any atom is -0.497 e. The molecule has 4 rings (SSSR count). The second-order valence-corrected chi connectivity index (χ2v) is 7.53. The maximum atomic E-state index is 13.3. The molecule has 0 spiro atoms. The molecule has 2 heterocycles. The van der Waals surface area contributed by atoms with Crippen LogP contribution in [0, 0.1) is 5.82 Å². The molecule has 0 saturated heterocycles. The number of ether oxygens (including phenoxy) is 1. The molecule has 0 fully saturated rings. The quantitative estimate of drug-likeness (QED) is 0.471. The zero-order chi connectivity index (χ0) is 19.5. The first-order valence-electron chi connectivity index (χ1n) is 8.07. The molecule has 0 atom stereocenters. The summed E-state index contributed by atoms with van der Waals surface area (Å²) in [5.41, 5.74) is 1.26. The number of rotatable bonds is 6. The maximum absolute atomic E-state index is 13.3. The van der Waals surface area contributed by atoms with E-state index in [2.05, 4.69) is 20.5 Å². The number of amides is 1. The Bertz CT molecular complexity index is 1140. The molecule has 1 N–H and O–H groups in total. The summed E-state index contributed by atoms with van der Waals surface area (Å²) >= 11 is 2.45. The zero-order valence-corrected chi connectivity index (χ0v) is 16.1. The van der Waals surface area contributed by atoms with E-state index in [1.165, 1.54) is 23.5 Å². The van der Waals surface area contributed by atoms with E-state index < -0.39 is 5.82 Å². The highest BCUT2D eigenvalue weighted by Crippen LogP contribution is 2.29. The van der Waals surface area contributed by atoms with Crippen molar-refractivity contribution in [2.45, 2.75) is 5.22 Å². The Morgan fingerprint density at radius 2 is 2.18 bits per heavy atom. The summed E-state index contributed by atoms with van der Waals surface area (Å²) in [7, 11) is 1.60. The molecular weight excluding hydrogens is 403 g/mol. The first-order chi connectivity index (χ1) is 13.6. The van der Waals surface area contributed by atoms with Crippen LogP contribution in [0.1, 0.15) is 0 Å². The van der Waals surface area contributed by atoms with Crippen LogP contribution in [0.15, 0.2) is 52.1 Å². The van der Waals surface area contributed by atoms with E-state index in [0.29, 0.717) is 10.7 Å². The van der Waals surface area contributed by atoms with E-state index in [1.54, 1.807) is 19.2 Å². The lowest BCUT2D eigenvalue weighted by atomic mass is 10.2. The van der Waals surface area contributed by atoms with Gasteiger partial charge in [0, 0.05) is 5.56 Å². The van der Waals surface area contributed by atoms with Crippen molar-refractivity contribution in [3.8, 4) is 17.2 Å². The average Bonchev–Trinajstić information content (AvgIpc) is 3.32. The van der Waals surface area contributed by atoms with Gasteiger partial charge in [0.1, 0.15) is 11.6 Å². The summed E-state index contributed by atoms with van der Waals surface area (Å²) in [5.74, 6) is 0.362. The highest BCUT2D eigenvalue weighted by Gasteiger charge is 2.13. The van der Waals surface area contributed by atoms with Crippen LogP contribution < -0.4 is 10.1 Å². The van der Waals surface area contributed by atoms with Gasteiger partial charge in [-0.25, -0.2) is 9.37 Å². The fourth-order valence-corrected chi connectivity index (χ4v) is 3.85. The van der Waals surface area contributed by atoms with Crippen LogP contribution in [0.5, 0.6) is 5.75 Å². The monoisotopic (exact) mass is 416 g/mol. The fraction of sp³-hybridized carbons (Fsp3) is 0.111. The number of methoxy groups -OCH3 is 1. The number of benzene rings is 2. The Kier molecular flexibility index (Phi) is 5.22. The number of hydrogen-bond acceptors (Lipinski definition) is 8. The average molecular weight is 416 g/mol. The summed E-state index contributed by atoms with van der Waals surface area (Å²) < 4.78 is 24.8. The lowest BCUT2D eigenvalue weighted by Crippen LogP contribution is -2.13. The summed E-state index contributed by atoms with van der Waals surface area (Å²) in [6.45, 7) is 0. The number of nitrogens with zero attached hydrogens (tertiary/aromatic N) is 3. The van der Waals surface area contributed by atoms with E-state index in [-0.39, 0.29) is 22.8 Å². The van der Waals surface area contributed by atoms with Crippen LogP contribution >= 0.6 is 23.1 Å². The highest BCUT2D eigenvalue weighted by molar-refractivity contribution is 7.99. The Morgan fingerprint density at radius 1 is 1.29 bits per heavy atom. The fourth-order valence-electron chi connectivity index (χ4n) is 2.37. The Balaban J connectivity index is 1.37. The van der Waals surface area contributed by atoms with E-state index in [0.717, 1.165) is 27.7 Å². The third kappa shape index (κ3) is 4.12. The van der Waals surface area contributed by atoms with Gasteiger partial charge in [0.15, 0.2) is 5.13 Å². The number of nitrogens with one attached hydrogen (secondary N) is 1. The number of carbonyl (C=O) groups is 1. The first-order valence-corrected chi connectivity index (χ1v) is 9.87. The molecule has 2 aromatic carbocycles. The first kappa shape index (κ1) is 18.4. The normalized spacial score (nSPS) is 10.9. The SMILES string of the molecule is COc1ccc2nc(NC(=O)CSc3nnc(-c4cccc(F)c4)o3)sc2c1. The van der Waals surface area contributed by atoms with Gasteiger partial charge in [0.05, 0.1) is 23.1 Å². The third-order valence-electron chi connectivity index (χ3n) is 3.65. The minimum atomic E-state index is -0.391. The molecule has 0 aliphatic carbocycles. The number of halogens is 1. The minimum absolute atomic E-state index is 0.0734. The molecule has 28 heavy (non-hydrogen) atoms. The maximum Gasteiger partial charge on any atom is 0.277 e. The van der Waals surface area contributed by atoms with E-state index in [9.17, 15) is 9.18 Å². The van der Waals surface area contributed by atoms with Gasteiger partial charge in [0.2, 0.25) is 11.8 Å². The molecule has 10 heteroatoms. The van der Waals surface area contributed by atoms with Crippen molar-refractivity contribution in [1.29, 1.82) is 0 Å². The number of aromatic nitrogens is 3. The standard InChI is InChI=1S/C18H13FN4O3S2/c1-25-12-5-6-13-14(8-12)28-17(20-13)21-15(24)9-27-18-23-22-16(26-18)10-3-2-4-11(19)7-10/h2-8H,9H2,1H3,(H,20,21,24). The van der Waals surface area contributed by atoms with Gasteiger partial charge in [-0.15, -0.1) is 10.2 Å². The van der Waals surface area contributed by atoms with Gasteiger partial charge in [-0.3, -0.25) is 4.79 Å². The van der Waals surface area contributed by atoms with Gasteiger partial charge in [-0.1, -0.05) is 29.2 Å². The summed E-state index contributed by atoms with van der Waals surface area (Å²) in [5, 5.41) is 11.2. The van der Waals surface area contributed by atoms with Gasteiger partial charge in [-0.05, 0) is 36.4 Å². The number of fused-ring (bicyclic) bond motifs is 1. The largest absolute Gasteiger partial charge is 0.497 e. The van der Waals surface area contributed by atoms with Crippen molar-refractivity contribution < 1.29 is 18.3 Å². The smallest absolute Gasteiger partial charge is 0.277 e. The molecule has 0 saturated carbocycles. The van der Waals surface area contributed by atoms with Crippen molar-refractivity contribution >= 4 is 44.4 Å². The van der Waals surface area contributed by atoms with Crippen LogP contribution in [0.25, 0.3) is 21.7 Å². The topological polar surface area (TPSA) is 90.1 Å². The van der Waals surface area contributed by atoms with Gasteiger partial charge in [-0.2, -0.15) is 0 Å². The van der Waals surface area contributed by atoms with Crippen LogP contribution in [-0.2, 0) is 4.79 Å². The van der Waals surface area contributed by atoms with Crippen LogP contribution in [0.4, 0.5) is 9.52 Å². The van der Waals surface area contributed by atoms with Gasteiger partial charge < -0.3 is 14.5 Å². The summed E-state index contributed by atoms with van der Waals surface area (Å²) in [6, 6.07) is 11.4. The summed E-state index contributed by atoms with van der Waals surface area (Å²) in [4.78, 5) is 16.5. The number of anilines is 1. The second-order valence-electron chi connectivity index (χ2n) is 5.57. The molecule has 0 aliphatic rings. The molecule has 0 unspecified atom stereocenters. The van der Waals surface area contributed by atoms with Crippen LogP contribution in [0.3, 0.4) is 0 Å². The molecule has 1 amide bonds. The van der Waals surface area contributed by atoms with Crippen molar-refractivity contribution in [1.82, 2.24) is 15.2 Å². The molecule has 0 aliphatic heterocycles. The molecular formula is C18H13FN4O3S2. The number of hydrogen-bond donors (Lipinski definition) is 1. The van der Waals surface area contributed by atoms with Gasteiger partial charge in [0.25, 0.3) is 5.22 Å². The van der Waals surface area contributed by atoms with Crippen molar-refractivity contribution in [2.75, 3.05) is 18.2 Å². The number of carbonyl (C=O) groups excluding carboxylic acids is 1. The van der Waals surface area contributed by atoms with E-state index >= 15 is 0 Å². The molecule has 2 aromatic heterocycles. The lowest BCUT2D eigenvalue weighted by molar-refractivity contribution is -0.113. The second kappa shape index (κ2) is 7.95. The molecule has 0 bridgehead atoms. The van der Waals surface area contributed by atoms with E-state index in [4.69, 9.17) is 9.15 Å². The number of thiazole rings is 1. The third-order valence-corrected chi connectivity index (χ3v) is 5.40. The highest BCUT2D eigenvalue weighted by atomic mass is 32.2. The lowest BCUT2D eigenvalue weighted by Gasteiger charge is -1.98. The molecule has 7 nitrogen and oxygen atoms in total. The van der Waals surface area contributed by atoms with Crippen molar-refractivity contribution in [3.63, 3.8) is 0 Å². The Morgan fingerprint density at radius 3 is 3.00 bits per heavy atom. The molecule has 0 radical (unpaired) electrons. The predicted molar refractivity (Wildman–Crippen MR) is 105 cm³/mol. The van der Waals surface area contributed by atoms with Crippen LogP contribution in [-0.4, -0.2) is 34.0 Å². The molecule has 4 aromatic rings. The predicted octanol–water partition coefficient (Wildman–Crippen LogP) is 4.22. The molecule has 142 valence electrons. The Hall–Kier alpha value is -2.98. The van der Waals surface area contributed by atoms with E-state index in [1.807, 2.05) is 18.2 Å². The van der Waals surface area contributed by atoms with Crippen molar-refractivity contribution in [2.24, 2.45) is 0 Å². The Labute approximate surface area is 166 Å². The summed E-state index contributed by atoms with van der Waals surface area (Å²) in [6.07, 6.45) is 0. The zero-order valence-electron chi connectivity index (χ0n) is 14.5. The van der Waals surface area contributed by atoms with Crippen molar-refractivity contribution in [3.05, 3.63) is 48.3 Å². The number of thioether (sulfide) groups is 1. The van der Waals surface area contributed by atoms with Crippen LogP contribution in [0.2, 0.25) is 0 Å².